The summed E-state index contributed by atoms with van der Waals surface area (Å²) < 4.78 is 23.1. The number of H-pyrrole nitrogens is 1. The Morgan fingerprint density at radius 2 is 2.21 bits per heavy atom. The Balaban J connectivity index is 1.41. The number of imidazole rings is 1. The summed E-state index contributed by atoms with van der Waals surface area (Å²) in [5.74, 6) is -0.359. The number of nitrogens with one attached hydrogen (secondary N) is 1. The molecule has 12 heteroatoms. The maximum atomic E-state index is 14.2. The first-order valence-electron chi connectivity index (χ1n) is 10.8. The highest BCUT2D eigenvalue weighted by atomic mass is 19.1. The van der Waals surface area contributed by atoms with Crippen LogP contribution in [0.5, 0.6) is 0 Å². The minimum absolute atomic E-state index is 0.135. The summed E-state index contributed by atoms with van der Waals surface area (Å²) in [6.07, 6.45) is 4.29. The number of carbonyl (C=O) groups excluding carboxylic acids is 1. The van der Waals surface area contributed by atoms with Crippen molar-refractivity contribution in [2.75, 3.05) is 6.54 Å². The zero-order chi connectivity index (χ0) is 23.4. The summed E-state index contributed by atoms with van der Waals surface area (Å²) in [6.45, 7) is 1.86. The van der Waals surface area contributed by atoms with Crippen LogP contribution in [0, 0.1) is 0 Å². The van der Waals surface area contributed by atoms with E-state index in [1.807, 2.05) is 12.1 Å². The van der Waals surface area contributed by atoms with E-state index in [4.69, 9.17) is 4.42 Å². The van der Waals surface area contributed by atoms with Crippen LogP contribution in [0.15, 0.2) is 47.4 Å². The van der Waals surface area contributed by atoms with Crippen LogP contribution >= 0.6 is 0 Å². The van der Waals surface area contributed by atoms with Gasteiger partial charge in [-0.05, 0) is 25.1 Å². The lowest BCUT2D eigenvalue weighted by molar-refractivity contribution is 0.0646. The second-order valence-corrected chi connectivity index (χ2v) is 8.20. The first kappa shape index (κ1) is 20.3. The average molecular weight is 461 g/mol. The highest BCUT2D eigenvalue weighted by Crippen LogP contribution is 2.35. The van der Waals surface area contributed by atoms with Crippen molar-refractivity contribution >= 4 is 11.4 Å². The molecule has 11 nitrogen and oxygen atoms in total. The highest BCUT2D eigenvalue weighted by Gasteiger charge is 2.38. The zero-order valence-electron chi connectivity index (χ0n) is 18.4. The van der Waals surface area contributed by atoms with Crippen LogP contribution in [0.1, 0.15) is 52.6 Å². The fraction of sp³-hybridized carbons (Fsp3) is 0.273. The zero-order valence-corrected chi connectivity index (χ0v) is 18.4. The highest BCUT2D eigenvalue weighted by molar-refractivity contribution is 5.90. The smallest absolute Gasteiger partial charge is 0.312 e. The molecule has 0 bridgehead atoms. The van der Waals surface area contributed by atoms with Crippen LogP contribution in [0.25, 0.3) is 17.0 Å². The lowest BCUT2D eigenvalue weighted by Crippen LogP contribution is -2.41. The summed E-state index contributed by atoms with van der Waals surface area (Å²) in [5, 5.41) is 16.8. The molecule has 0 fully saturated rings. The van der Waals surface area contributed by atoms with E-state index in [2.05, 4.69) is 30.4 Å². The molecular formula is C22H20FN9O2. The molecule has 5 aromatic rings. The number of amides is 1. The van der Waals surface area contributed by atoms with E-state index in [1.165, 1.54) is 6.92 Å². The Morgan fingerprint density at radius 3 is 3.00 bits per heavy atom. The van der Waals surface area contributed by atoms with Gasteiger partial charge >= 0.3 is 11.8 Å². The van der Waals surface area contributed by atoms with Gasteiger partial charge in [0.1, 0.15) is 12.2 Å². The maximum Gasteiger partial charge on any atom is 0.312 e. The summed E-state index contributed by atoms with van der Waals surface area (Å²) in [6, 6.07) is 6.57. The minimum Gasteiger partial charge on any atom is -0.412 e. The molecule has 6 rings (SSSR count). The van der Waals surface area contributed by atoms with Crippen LogP contribution in [-0.4, -0.2) is 56.9 Å². The molecule has 34 heavy (non-hydrogen) atoms. The van der Waals surface area contributed by atoms with Crippen molar-refractivity contribution in [3.8, 4) is 11.5 Å². The predicted octanol–water partition coefficient (Wildman–Crippen LogP) is 2.66. The standard InChI is InChI=1S/C22H20FN9O2/c1-12(23)17-5-3-4-14-8-16(29-32(14)17)19-18-15(24-11-25-18)6-7-31(19)22(33)21-28-27-20(34-21)13-9-26-30(2)10-13/h3-5,8-12,19H,6-7H2,1-2H3,(H,24,25)/t12?,19-/m0/s1. The number of rotatable bonds is 4. The molecule has 0 aromatic carbocycles. The van der Waals surface area contributed by atoms with E-state index < -0.39 is 18.1 Å². The van der Waals surface area contributed by atoms with Gasteiger partial charge in [-0.25, -0.2) is 13.9 Å². The molecule has 0 aliphatic carbocycles. The molecular weight excluding hydrogens is 441 g/mol. The fourth-order valence-corrected chi connectivity index (χ4v) is 4.37. The topological polar surface area (TPSA) is 123 Å². The van der Waals surface area contributed by atoms with Gasteiger partial charge in [0.2, 0.25) is 0 Å². The number of carbonyl (C=O) groups is 1. The number of hydrogen-bond acceptors (Lipinski definition) is 7. The number of fused-ring (bicyclic) bond motifs is 2. The first-order chi connectivity index (χ1) is 16.5. The van der Waals surface area contributed by atoms with Crippen molar-refractivity contribution in [3.63, 3.8) is 0 Å². The largest absolute Gasteiger partial charge is 0.412 e. The summed E-state index contributed by atoms with van der Waals surface area (Å²) >= 11 is 0. The van der Waals surface area contributed by atoms with Crippen molar-refractivity contribution in [1.82, 2.24) is 44.5 Å². The van der Waals surface area contributed by atoms with Gasteiger partial charge in [-0.15, -0.1) is 10.2 Å². The number of alkyl halides is 1. The summed E-state index contributed by atoms with van der Waals surface area (Å²) in [4.78, 5) is 22.8. The molecule has 0 radical (unpaired) electrons. The third-order valence-electron chi connectivity index (χ3n) is 5.97. The Labute approximate surface area is 192 Å². The van der Waals surface area contributed by atoms with E-state index in [0.29, 0.717) is 35.6 Å². The lowest BCUT2D eigenvalue weighted by Gasteiger charge is -2.32. The monoisotopic (exact) mass is 461 g/mol. The number of nitrogens with zero attached hydrogens (tertiary/aromatic N) is 8. The number of halogens is 1. The molecule has 1 aliphatic rings. The summed E-state index contributed by atoms with van der Waals surface area (Å²) in [7, 11) is 1.77. The Kier molecular flexibility index (Phi) is 4.54. The molecule has 1 unspecified atom stereocenters. The SMILES string of the molecule is CC(F)c1cccc2cc([C@H]3c4nc[nH]c4CCN3C(=O)c3nnc(-c4cnn(C)c4)o3)nn12. The number of pyridine rings is 1. The molecule has 1 amide bonds. The van der Waals surface area contributed by atoms with Crippen LogP contribution < -0.4 is 0 Å². The Hall–Kier alpha value is -4.35. The van der Waals surface area contributed by atoms with Gasteiger partial charge in [0, 0.05) is 31.9 Å². The van der Waals surface area contributed by atoms with Crippen LogP contribution in [0.2, 0.25) is 0 Å². The maximum absolute atomic E-state index is 14.2. The van der Waals surface area contributed by atoms with E-state index in [9.17, 15) is 9.18 Å². The van der Waals surface area contributed by atoms with E-state index in [-0.39, 0.29) is 11.8 Å². The Morgan fingerprint density at radius 1 is 1.32 bits per heavy atom. The van der Waals surface area contributed by atoms with Crippen molar-refractivity contribution < 1.29 is 13.6 Å². The van der Waals surface area contributed by atoms with Crippen molar-refractivity contribution in [2.24, 2.45) is 7.05 Å². The number of hydrogen-bond donors (Lipinski definition) is 1. The molecule has 2 atom stereocenters. The molecule has 0 saturated carbocycles. The van der Waals surface area contributed by atoms with Gasteiger partial charge in [0.25, 0.3) is 5.89 Å². The van der Waals surface area contributed by atoms with Gasteiger partial charge in [-0.1, -0.05) is 6.07 Å². The molecule has 0 spiro atoms. The quantitative estimate of drug-likeness (QED) is 0.436. The van der Waals surface area contributed by atoms with Crippen LogP contribution in [-0.2, 0) is 13.5 Å². The van der Waals surface area contributed by atoms with Crippen LogP contribution in [0.4, 0.5) is 4.39 Å². The molecule has 5 aromatic heterocycles. The molecule has 1 N–H and O–H groups in total. The second kappa shape index (κ2) is 7.61. The molecule has 172 valence electrons. The van der Waals surface area contributed by atoms with Crippen molar-refractivity contribution in [1.29, 1.82) is 0 Å². The lowest BCUT2D eigenvalue weighted by atomic mass is 9.99. The third kappa shape index (κ3) is 3.17. The number of aromatic amines is 1. The van der Waals surface area contributed by atoms with Gasteiger partial charge in [0.15, 0.2) is 0 Å². The number of aryl methyl sites for hydroxylation is 1. The average Bonchev–Trinajstić information content (AvgIpc) is 3.62. The van der Waals surface area contributed by atoms with Crippen LogP contribution in [0.3, 0.4) is 0 Å². The fourth-order valence-electron chi connectivity index (χ4n) is 4.37. The van der Waals surface area contributed by atoms with E-state index in [1.54, 1.807) is 52.0 Å². The number of aromatic nitrogens is 8. The van der Waals surface area contributed by atoms with Gasteiger partial charge in [0.05, 0.1) is 40.7 Å². The van der Waals surface area contributed by atoms with E-state index >= 15 is 0 Å². The van der Waals surface area contributed by atoms with Gasteiger partial charge in [-0.3, -0.25) is 9.48 Å². The van der Waals surface area contributed by atoms with Gasteiger partial charge < -0.3 is 14.3 Å². The van der Waals surface area contributed by atoms with Gasteiger partial charge in [-0.2, -0.15) is 10.2 Å². The third-order valence-corrected chi connectivity index (χ3v) is 5.97. The molecule has 1 aliphatic heterocycles. The molecule has 0 saturated heterocycles. The van der Waals surface area contributed by atoms with Crippen molar-refractivity contribution in [3.05, 3.63) is 71.7 Å². The minimum atomic E-state index is -1.20. The van der Waals surface area contributed by atoms with Crippen molar-refractivity contribution in [2.45, 2.75) is 25.6 Å². The summed E-state index contributed by atoms with van der Waals surface area (Å²) in [5.41, 5.74) is 3.95. The predicted molar refractivity (Wildman–Crippen MR) is 116 cm³/mol. The normalized spacial score (nSPS) is 16.7. The first-order valence-corrected chi connectivity index (χ1v) is 10.8. The second-order valence-electron chi connectivity index (χ2n) is 8.20. The Bertz CT molecular complexity index is 1510. The van der Waals surface area contributed by atoms with E-state index in [0.717, 1.165) is 11.2 Å². The molecule has 6 heterocycles.